The van der Waals surface area contributed by atoms with Crippen molar-refractivity contribution in [1.29, 1.82) is 0 Å². The Labute approximate surface area is 440 Å². The molecule has 6 aromatic rings. The van der Waals surface area contributed by atoms with Gasteiger partial charge in [0, 0.05) is 84.1 Å². The Morgan fingerprint density at radius 2 is 0.808 bits per heavy atom. The number of ketones is 3. The number of anilines is 6. The van der Waals surface area contributed by atoms with Crippen LogP contribution in [0.2, 0.25) is 5.02 Å². The number of Topliss-reactive ketones (excluding diaryl/α,β-unsaturated/α-hetero) is 3. The normalized spacial score (nSPS) is 16.2. The summed E-state index contributed by atoms with van der Waals surface area (Å²) in [6.45, 7) is 5.82. The molecule has 3 heterocycles. The van der Waals surface area contributed by atoms with Crippen LogP contribution in [0.1, 0.15) is 69.6 Å². The summed E-state index contributed by atoms with van der Waals surface area (Å²) in [5.74, 6) is 0.671. The van der Waals surface area contributed by atoms with Crippen molar-refractivity contribution in [2.75, 3.05) is 76.4 Å². The number of hydrogen-bond acceptors (Lipinski definition) is 10. The lowest BCUT2D eigenvalue weighted by Crippen LogP contribution is -2.33. The average molecular weight is 1080 g/mol. The van der Waals surface area contributed by atoms with E-state index in [-0.39, 0.29) is 40.9 Å². The standard InChI is InChI=1S/C20H21F3N2O2.C19H21BrN2O.C19H21ClN2O/c1-25-10-8-14(9-11-25)19(26)15-4-2-5-16(12-15)24-17-6-3-7-18(13-17)27-20(21,22)23;1-22-10-8-14(9-11-22)19(23)15-4-2-6-17(12-15)21-18-7-3-5-16(20)13-18;1-22-11-9-14(10-12-22)19(23)15-3-2-4-18(13-15)21-17-7-5-16(20)6-8-17/h2-7,12-14,24H,8-11H2,1H3;2-7,12-14,21H,8-11H2,1H3;2-8,13-14,21H,9-12H2,1H3. The zero-order valence-electron chi connectivity index (χ0n) is 41.4. The Bertz CT molecular complexity index is 2770. The second-order valence-electron chi connectivity index (χ2n) is 19.0. The first-order valence-corrected chi connectivity index (χ1v) is 25.9. The van der Waals surface area contributed by atoms with Crippen LogP contribution in [-0.2, 0) is 0 Å². The lowest BCUT2D eigenvalue weighted by molar-refractivity contribution is -0.274. The van der Waals surface area contributed by atoms with Gasteiger partial charge < -0.3 is 35.4 Å². The van der Waals surface area contributed by atoms with Gasteiger partial charge in [0.25, 0.3) is 0 Å². The molecule has 10 nitrogen and oxygen atoms in total. The number of halogens is 5. The zero-order valence-corrected chi connectivity index (χ0v) is 43.8. The summed E-state index contributed by atoms with van der Waals surface area (Å²) in [5, 5.41) is 10.4. The highest BCUT2D eigenvalue weighted by Crippen LogP contribution is 2.30. The molecule has 0 saturated carbocycles. The van der Waals surface area contributed by atoms with Crippen molar-refractivity contribution < 1.29 is 32.3 Å². The van der Waals surface area contributed by atoms with Crippen LogP contribution in [0.25, 0.3) is 0 Å². The minimum atomic E-state index is -4.74. The molecule has 3 saturated heterocycles. The Hall–Kier alpha value is -6.03. The summed E-state index contributed by atoms with van der Waals surface area (Å²) in [4.78, 5) is 44.9. The number of rotatable bonds is 13. The molecular formula is C58H63BrClF3N6O4. The predicted molar refractivity (Wildman–Crippen MR) is 292 cm³/mol. The number of ether oxygens (including phenoxy) is 1. The Morgan fingerprint density at radius 3 is 1.18 bits per heavy atom. The Morgan fingerprint density at radius 1 is 0.479 bits per heavy atom. The molecule has 0 radical (unpaired) electrons. The molecule has 3 fully saturated rings. The quantitative estimate of drug-likeness (QED) is 0.0968. The van der Waals surface area contributed by atoms with Gasteiger partial charge in [-0.25, -0.2) is 0 Å². The van der Waals surface area contributed by atoms with Crippen LogP contribution >= 0.6 is 27.5 Å². The van der Waals surface area contributed by atoms with Crippen molar-refractivity contribution in [3.63, 3.8) is 0 Å². The fourth-order valence-corrected chi connectivity index (χ4v) is 9.67. The van der Waals surface area contributed by atoms with Gasteiger partial charge in [0.15, 0.2) is 17.3 Å². The first-order valence-electron chi connectivity index (χ1n) is 24.7. The van der Waals surface area contributed by atoms with Crippen LogP contribution < -0.4 is 20.7 Å². The number of piperidine rings is 3. The molecule has 6 aromatic carbocycles. The molecule has 9 rings (SSSR count). The average Bonchev–Trinajstić information content (AvgIpc) is 3.37. The monoisotopic (exact) mass is 1080 g/mol. The van der Waals surface area contributed by atoms with Crippen LogP contribution in [0, 0.1) is 17.8 Å². The third kappa shape index (κ3) is 17.3. The Kier molecular flexibility index (Phi) is 19.7. The third-order valence-corrected chi connectivity index (χ3v) is 14.1. The molecule has 0 spiro atoms. The lowest BCUT2D eigenvalue weighted by Gasteiger charge is -2.28. The molecule has 0 amide bonds. The number of nitrogens with one attached hydrogen (secondary N) is 3. The summed E-state index contributed by atoms with van der Waals surface area (Å²) < 4.78 is 42.0. The molecule has 0 aliphatic carbocycles. The van der Waals surface area contributed by atoms with Crippen molar-refractivity contribution in [2.24, 2.45) is 17.8 Å². The second kappa shape index (κ2) is 26.3. The van der Waals surface area contributed by atoms with Gasteiger partial charge in [-0.05, 0) is 190 Å². The molecule has 73 heavy (non-hydrogen) atoms. The zero-order chi connectivity index (χ0) is 51.9. The minimum absolute atomic E-state index is 0.0139. The summed E-state index contributed by atoms with van der Waals surface area (Å²) in [7, 11) is 6.27. The number of benzene rings is 6. The van der Waals surface area contributed by atoms with Crippen LogP contribution in [0.3, 0.4) is 0 Å². The largest absolute Gasteiger partial charge is 0.573 e. The highest BCUT2D eigenvalue weighted by atomic mass is 79.9. The predicted octanol–water partition coefficient (Wildman–Crippen LogP) is 14.2. The lowest BCUT2D eigenvalue weighted by atomic mass is 9.89. The van der Waals surface area contributed by atoms with Crippen LogP contribution in [0.4, 0.5) is 47.3 Å². The molecule has 384 valence electrons. The first-order chi connectivity index (χ1) is 35.0. The molecular weight excluding hydrogens is 1020 g/mol. The fraction of sp³-hybridized carbons (Fsp3) is 0.328. The highest BCUT2D eigenvalue weighted by Gasteiger charge is 2.31. The van der Waals surface area contributed by atoms with Gasteiger partial charge in [-0.1, -0.05) is 76.1 Å². The van der Waals surface area contributed by atoms with Crippen LogP contribution in [0.5, 0.6) is 5.75 Å². The van der Waals surface area contributed by atoms with Crippen LogP contribution in [-0.4, -0.2) is 98.8 Å². The van der Waals surface area contributed by atoms with Gasteiger partial charge in [-0.2, -0.15) is 0 Å². The second-order valence-corrected chi connectivity index (χ2v) is 20.4. The number of hydrogen-bond donors (Lipinski definition) is 3. The summed E-state index contributed by atoms with van der Waals surface area (Å²) in [5.41, 5.74) is 7.11. The van der Waals surface area contributed by atoms with Crippen molar-refractivity contribution in [1.82, 2.24) is 14.7 Å². The number of carbonyl (C=O) groups excluding carboxylic acids is 3. The van der Waals surface area contributed by atoms with E-state index in [2.05, 4.69) is 65.4 Å². The molecule has 0 bridgehead atoms. The maximum atomic E-state index is 12.7. The summed E-state index contributed by atoms with van der Waals surface area (Å²) in [6, 6.07) is 43.8. The van der Waals surface area contributed by atoms with E-state index >= 15 is 0 Å². The van der Waals surface area contributed by atoms with E-state index in [4.69, 9.17) is 11.6 Å². The van der Waals surface area contributed by atoms with Crippen LogP contribution in [0.15, 0.2) is 150 Å². The smallest absolute Gasteiger partial charge is 0.406 e. The summed E-state index contributed by atoms with van der Waals surface area (Å²) in [6.07, 6.45) is 0.748. The van der Waals surface area contributed by atoms with Crippen molar-refractivity contribution in [3.8, 4) is 5.75 Å². The van der Waals surface area contributed by atoms with E-state index in [9.17, 15) is 27.6 Å². The molecule has 3 aliphatic rings. The van der Waals surface area contributed by atoms with Gasteiger partial charge in [0.05, 0.1) is 0 Å². The summed E-state index contributed by atoms with van der Waals surface area (Å²) >= 11 is 9.37. The molecule has 3 N–H and O–H groups in total. The number of nitrogens with zero attached hydrogens (tertiary/aromatic N) is 3. The van der Waals surface area contributed by atoms with E-state index in [1.165, 1.54) is 18.2 Å². The van der Waals surface area contributed by atoms with Crippen molar-refractivity contribution >= 4 is 79.0 Å². The topological polar surface area (TPSA) is 106 Å². The molecule has 0 atom stereocenters. The molecule has 3 aliphatic heterocycles. The van der Waals surface area contributed by atoms with E-state index in [1.807, 2.05) is 104 Å². The number of carbonyl (C=O) groups is 3. The van der Waals surface area contributed by atoms with Crippen molar-refractivity contribution in [2.45, 2.75) is 44.9 Å². The van der Waals surface area contributed by atoms with Gasteiger partial charge in [0.2, 0.25) is 0 Å². The van der Waals surface area contributed by atoms with E-state index in [1.54, 1.807) is 30.3 Å². The Balaban J connectivity index is 0.000000161. The first kappa shape index (κ1) is 54.7. The maximum absolute atomic E-state index is 12.7. The maximum Gasteiger partial charge on any atom is 0.573 e. The molecule has 15 heteroatoms. The van der Waals surface area contributed by atoms with Gasteiger partial charge in [-0.15, -0.1) is 13.2 Å². The third-order valence-electron chi connectivity index (χ3n) is 13.3. The molecule has 0 aromatic heterocycles. The SMILES string of the molecule is CN1CCC(C(=O)c2cccc(Nc3ccc(Cl)cc3)c2)CC1.CN1CCC(C(=O)c2cccc(Nc3cccc(Br)c3)c2)CC1.CN1CCC(C(=O)c2cccc(Nc3cccc(OC(F)(F)F)c3)c2)CC1. The number of likely N-dealkylation sites (tertiary alicyclic amines) is 3. The van der Waals surface area contributed by atoms with E-state index in [0.717, 1.165) is 116 Å². The minimum Gasteiger partial charge on any atom is -0.406 e. The van der Waals surface area contributed by atoms with Gasteiger partial charge >= 0.3 is 6.36 Å². The van der Waals surface area contributed by atoms with E-state index in [0.29, 0.717) is 22.0 Å². The fourth-order valence-electron chi connectivity index (χ4n) is 9.14. The number of alkyl halides is 3. The molecule has 0 unspecified atom stereocenters. The van der Waals surface area contributed by atoms with Gasteiger partial charge in [0.1, 0.15) is 5.75 Å². The highest BCUT2D eigenvalue weighted by molar-refractivity contribution is 9.10. The van der Waals surface area contributed by atoms with Gasteiger partial charge in [-0.3, -0.25) is 14.4 Å². The van der Waals surface area contributed by atoms with E-state index < -0.39 is 6.36 Å². The van der Waals surface area contributed by atoms with Crippen molar-refractivity contribution in [3.05, 3.63) is 172 Å².